The van der Waals surface area contributed by atoms with Gasteiger partial charge < -0.3 is 25.0 Å². The van der Waals surface area contributed by atoms with Crippen molar-refractivity contribution in [3.05, 3.63) is 53.8 Å². The predicted octanol–water partition coefficient (Wildman–Crippen LogP) is 3.23. The summed E-state index contributed by atoms with van der Waals surface area (Å²) in [4.78, 5) is 26.4. The first-order valence-corrected chi connectivity index (χ1v) is 9.58. The van der Waals surface area contributed by atoms with Crippen LogP contribution in [-0.2, 0) is 0 Å². The highest BCUT2D eigenvalue weighted by Gasteiger charge is 2.24. The molecule has 2 aromatic rings. The van der Waals surface area contributed by atoms with Crippen LogP contribution < -0.4 is 20.1 Å². The zero-order valence-corrected chi connectivity index (χ0v) is 15.8. The van der Waals surface area contributed by atoms with Gasteiger partial charge >= 0.3 is 6.03 Å². The van der Waals surface area contributed by atoms with Crippen LogP contribution in [0.2, 0.25) is 0 Å². The van der Waals surface area contributed by atoms with E-state index in [0.717, 1.165) is 12.8 Å². The van der Waals surface area contributed by atoms with Gasteiger partial charge in [-0.05, 0) is 61.2 Å². The van der Waals surface area contributed by atoms with Crippen LogP contribution in [0.15, 0.2) is 42.5 Å². The average molecular weight is 399 g/mol. The fourth-order valence-corrected chi connectivity index (χ4v) is 3.45. The number of carbonyl (C=O) groups is 2. The first kappa shape index (κ1) is 19.0. The molecule has 2 aliphatic heterocycles. The van der Waals surface area contributed by atoms with Crippen molar-refractivity contribution in [2.45, 2.75) is 12.8 Å². The van der Waals surface area contributed by atoms with Crippen molar-refractivity contribution in [2.24, 2.45) is 5.92 Å². The predicted molar refractivity (Wildman–Crippen MR) is 105 cm³/mol. The summed E-state index contributed by atoms with van der Waals surface area (Å²) >= 11 is 0. The second-order valence-corrected chi connectivity index (χ2v) is 7.15. The molecule has 1 fully saturated rings. The maximum atomic E-state index is 13.0. The molecule has 8 heteroatoms. The number of hydrogen-bond donors (Lipinski definition) is 2. The van der Waals surface area contributed by atoms with Gasteiger partial charge in [0.25, 0.3) is 5.91 Å². The van der Waals surface area contributed by atoms with Crippen LogP contribution in [0.4, 0.5) is 14.9 Å². The van der Waals surface area contributed by atoms with Crippen molar-refractivity contribution in [3.8, 4) is 11.5 Å². The molecule has 0 unspecified atom stereocenters. The van der Waals surface area contributed by atoms with Crippen LogP contribution in [0.3, 0.4) is 0 Å². The summed E-state index contributed by atoms with van der Waals surface area (Å²) in [5, 5.41) is 5.73. The molecule has 0 atom stereocenters. The molecule has 0 aromatic heterocycles. The lowest BCUT2D eigenvalue weighted by atomic mass is 9.97. The Morgan fingerprint density at radius 2 is 1.76 bits per heavy atom. The first-order valence-electron chi connectivity index (χ1n) is 9.58. The Balaban J connectivity index is 1.22. The lowest BCUT2D eigenvalue weighted by Gasteiger charge is -2.32. The maximum Gasteiger partial charge on any atom is 0.321 e. The molecule has 0 saturated carbocycles. The van der Waals surface area contributed by atoms with E-state index in [1.807, 2.05) is 0 Å². The van der Waals surface area contributed by atoms with Gasteiger partial charge in [0.15, 0.2) is 11.5 Å². The van der Waals surface area contributed by atoms with Crippen molar-refractivity contribution in [1.82, 2.24) is 10.2 Å². The zero-order chi connectivity index (χ0) is 20.2. The molecule has 0 radical (unpaired) electrons. The summed E-state index contributed by atoms with van der Waals surface area (Å²) in [5.74, 6) is 1.04. The minimum Gasteiger partial charge on any atom is -0.454 e. The minimum atomic E-state index is -0.341. The quantitative estimate of drug-likeness (QED) is 0.827. The Morgan fingerprint density at radius 3 is 2.52 bits per heavy atom. The lowest BCUT2D eigenvalue weighted by Crippen LogP contribution is -2.43. The Labute approximate surface area is 167 Å². The van der Waals surface area contributed by atoms with Gasteiger partial charge in [-0.15, -0.1) is 0 Å². The van der Waals surface area contributed by atoms with Crippen molar-refractivity contribution in [3.63, 3.8) is 0 Å². The Kier molecular flexibility index (Phi) is 5.50. The fourth-order valence-electron chi connectivity index (χ4n) is 3.45. The summed E-state index contributed by atoms with van der Waals surface area (Å²) in [6.45, 7) is 1.95. The number of nitrogens with one attached hydrogen (secondary N) is 2. The Bertz CT molecular complexity index is 895. The van der Waals surface area contributed by atoms with Crippen molar-refractivity contribution < 1.29 is 23.5 Å². The van der Waals surface area contributed by atoms with E-state index in [-0.39, 0.29) is 24.5 Å². The molecular weight excluding hydrogens is 377 g/mol. The number of carbonyl (C=O) groups excluding carboxylic acids is 2. The number of benzene rings is 2. The second-order valence-electron chi connectivity index (χ2n) is 7.15. The van der Waals surface area contributed by atoms with Gasteiger partial charge in [-0.3, -0.25) is 4.79 Å². The van der Waals surface area contributed by atoms with Crippen LogP contribution in [0, 0.1) is 11.7 Å². The van der Waals surface area contributed by atoms with E-state index in [2.05, 4.69) is 10.6 Å². The number of piperidine rings is 1. The summed E-state index contributed by atoms with van der Waals surface area (Å²) in [6, 6.07) is 10.6. The molecule has 2 aromatic carbocycles. The molecule has 152 valence electrons. The zero-order valence-electron chi connectivity index (χ0n) is 15.8. The first-order chi connectivity index (χ1) is 14.1. The third-order valence-electron chi connectivity index (χ3n) is 5.18. The fraction of sp³-hybridized carbons (Fsp3) is 0.333. The molecule has 4 rings (SSSR count). The molecule has 2 N–H and O–H groups in total. The standard InChI is InChI=1S/C21H22FN3O4/c22-16-2-4-17(5-3-16)24-21(27)25-9-7-14(8-10-25)12-23-20(26)15-1-6-18-19(11-15)29-13-28-18/h1-6,11,14H,7-10,12-13H2,(H,23,26)(H,24,27). The number of halogens is 1. The number of anilines is 1. The second kappa shape index (κ2) is 8.38. The number of hydrogen-bond acceptors (Lipinski definition) is 4. The maximum absolute atomic E-state index is 13.0. The van der Waals surface area contributed by atoms with E-state index in [4.69, 9.17) is 9.47 Å². The van der Waals surface area contributed by atoms with Crippen LogP contribution in [0.1, 0.15) is 23.2 Å². The summed E-state index contributed by atoms with van der Waals surface area (Å²) in [6.07, 6.45) is 1.61. The van der Waals surface area contributed by atoms with E-state index in [1.54, 1.807) is 23.1 Å². The van der Waals surface area contributed by atoms with Crippen molar-refractivity contribution >= 4 is 17.6 Å². The highest BCUT2D eigenvalue weighted by Crippen LogP contribution is 2.32. The number of fused-ring (bicyclic) bond motifs is 1. The normalized spacial score (nSPS) is 15.8. The van der Waals surface area contributed by atoms with Crippen LogP contribution in [0.25, 0.3) is 0 Å². The monoisotopic (exact) mass is 399 g/mol. The van der Waals surface area contributed by atoms with E-state index in [1.165, 1.54) is 24.3 Å². The van der Waals surface area contributed by atoms with E-state index in [0.29, 0.717) is 48.3 Å². The number of likely N-dealkylation sites (tertiary alicyclic amines) is 1. The Hall–Kier alpha value is -3.29. The van der Waals surface area contributed by atoms with Crippen molar-refractivity contribution in [1.29, 1.82) is 0 Å². The number of nitrogens with zero attached hydrogens (tertiary/aromatic N) is 1. The molecule has 7 nitrogen and oxygen atoms in total. The summed E-state index contributed by atoms with van der Waals surface area (Å²) < 4.78 is 23.5. The van der Waals surface area contributed by atoms with Gasteiger partial charge in [-0.1, -0.05) is 0 Å². The van der Waals surface area contributed by atoms with Crippen LogP contribution >= 0.6 is 0 Å². The minimum absolute atomic E-state index is 0.153. The molecule has 0 spiro atoms. The molecule has 2 aliphatic rings. The van der Waals surface area contributed by atoms with Crippen molar-refractivity contribution in [2.75, 3.05) is 31.7 Å². The number of ether oxygens (including phenoxy) is 2. The van der Waals surface area contributed by atoms with E-state index >= 15 is 0 Å². The van der Waals surface area contributed by atoms with Gasteiger partial charge in [-0.25, -0.2) is 9.18 Å². The topological polar surface area (TPSA) is 79.9 Å². The lowest BCUT2D eigenvalue weighted by molar-refractivity contribution is 0.0938. The third-order valence-corrected chi connectivity index (χ3v) is 5.18. The van der Waals surface area contributed by atoms with Crippen LogP contribution in [0.5, 0.6) is 11.5 Å². The molecule has 2 heterocycles. The number of urea groups is 1. The van der Waals surface area contributed by atoms with Crippen LogP contribution in [-0.4, -0.2) is 43.3 Å². The number of amides is 3. The third kappa shape index (κ3) is 4.59. The largest absolute Gasteiger partial charge is 0.454 e. The van der Waals surface area contributed by atoms with Gasteiger partial charge in [0.1, 0.15) is 5.82 Å². The number of rotatable bonds is 4. The Morgan fingerprint density at radius 1 is 1.03 bits per heavy atom. The highest BCUT2D eigenvalue weighted by molar-refractivity contribution is 5.95. The molecule has 0 bridgehead atoms. The van der Waals surface area contributed by atoms with Gasteiger partial charge in [0, 0.05) is 30.9 Å². The SMILES string of the molecule is O=C(NCC1CCN(C(=O)Nc2ccc(F)cc2)CC1)c1ccc2c(c1)OCO2. The van der Waals surface area contributed by atoms with E-state index < -0.39 is 0 Å². The molecule has 1 saturated heterocycles. The van der Waals surface area contributed by atoms with Gasteiger partial charge in [-0.2, -0.15) is 0 Å². The molecule has 0 aliphatic carbocycles. The molecule has 3 amide bonds. The van der Waals surface area contributed by atoms with E-state index in [9.17, 15) is 14.0 Å². The molecule has 29 heavy (non-hydrogen) atoms. The summed E-state index contributed by atoms with van der Waals surface area (Å²) in [5.41, 5.74) is 1.10. The van der Waals surface area contributed by atoms with Gasteiger partial charge in [0.2, 0.25) is 6.79 Å². The molecular formula is C21H22FN3O4. The average Bonchev–Trinajstić information content (AvgIpc) is 3.22. The smallest absolute Gasteiger partial charge is 0.321 e. The van der Waals surface area contributed by atoms with Gasteiger partial charge in [0.05, 0.1) is 0 Å². The summed E-state index contributed by atoms with van der Waals surface area (Å²) in [7, 11) is 0. The highest BCUT2D eigenvalue weighted by atomic mass is 19.1.